The number of nitrogens with one attached hydrogen (secondary N) is 1. The summed E-state index contributed by atoms with van der Waals surface area (Å²) in [5.74, 6) is -0.178. The van der Waals surface area contributed by atoms with Crippen molar-refractivity contribution in [2.45, 2.75) is 19.9 Å². The third-order valence-corrected chi connectivity index (χ3v) is 5.01. The van der Waals surface area contributed by atoms with Crippen LogP contribution >= 0.6 is 0 Å². The highest BCUT2D eigenvalue weighted by Crippen LogP contribution is 2.32. The van der Waals surface area contributed by atoms with Gasteiger partial charge in [0.15, 0.2) is 12.3 Å². The normalized spacial score (nSPS) is 10.7. The molecule has 0 bridgehead atoms. The number of benzene rings is 2. The molecule has 0 aliphatic heterocycles. The summed E-state index contributed by atoms with van der Waals surface area (Å²) in [5, 5.41) is 18.5. The molecule has 12 heteroatoms. The average Bonchev–Trinajstić information content (AvgIpc) is 3.47. The van der Waals surface area contributed by atoms with E-state index in [1.165, 1.54) is 13.2 Å². The highest BCUT2D eigenvalue weighted by atomic mass is 19.1. The van der Waals surface area contributed by atoms with Gasteiger partial charge in [0, 0.05) is 17.5 Å². The first-order valence-corrected chi connectivity index (χ1v) is 10.5. The van der Waals surface area contributed by atoms with Gasteiger partial charge in [-0.1, -0.05) is 47.6 Å². The van der Waals surface area contributed by atoms with Crippen LogP contribution in [0.2, 0.25) is 0 Å². The monoisotopic (exact) mass is 480 g/mol. The van der Waals surface area contributed by atoms with E-state index in [1.807, 2.05) is 0 Å². The van der Waals surface area contributed by atoms with Crippen molar-refractivity contribution in [1.82, 2.24) is 25.4 Å². The van der Waals surface area contributed by atoms with Gasteiger partial charge >= 0.3 is 12.1 Å². The number of hydrogen-bond donors (Lipinski definition) is 1. The summed E-state index contributed by atoms with van der Waals surface area (Å²) < 4.78 is 28.9. The van der Waals surface area contributed by atoms with Crippen molar-refractivity contribution in [1.29, 1.82) is 0 Å². The van der Waals surface area contributed by atoms with Crippen molar-refractivity contribution in [2.24, 2.45) is 0 Å². The van der Waals surface area contributed by atoms with Gasteiger partial charge in [-0.05, 0) is 23.8 Å². The number of esters is 1. The minimum absolute atomic E-state index is 0.00475. The smallest absolute Gasteiger partial charge is 0.411 e. The number of carbonyl (C=O) groups is 2. The first-order valence-electron chi connectivity index (χ1n) is 10.5. The van der Waals surface area contributed by atoms with Crippen LogP contribution in [-0.4, -0.2) is 51.1 Å². The van der Waals surface area contributed by atoms with E-state index in [0.29, 0.717) is 39.7 Å². The Morgan fingerprint density at radius 2 is 1.86 bits per heavy atom. The van der Waals surface area contributed by atoms with Gasteiger partial charge in [0.2, 0.25) is 5.82 Å². The van der Waals surface area contributed by atoms with E-state index in [-0.39, 0.29) is 25.4 Å². The summed E-state index contributed by atoms with van der Waals surface area (Å²) in [6.45, 7) is 1.54. The van der Waals surface area contributed by atoms with Gasteiger partial charge in [-0.3, -0.25) is 5.32 Å². The number of hydrogen-bond acceptors (Lipinski definition) is 9. The summed E-state index contributed by atoms with van der Waals surface area (Å²) >= 11 is 0. The average molecular weight is 480 g/mol. The third kappa shape index (κ3) is 5.66. The molecule has 0 fully saturated rings. The van der Waals surface area contributed by atoms with Gasteiger partial charge in [0.1, 0.15) is 17.2 Å². The number of rotatable bonds is 8. The number of aryl methyl sites for hydroxylation is 1. The molecule has 0 atom stereocenters. The van der Waals surface area contributed by atoms with Crippen LogP contribution in [0.3, 0.4) is 0 Å². The quantitative estimate of drug-likeness (QED) is 0.377. The van der Waals surface area contributed by atoms with Crippen LogP contribution in [0.4, 0.5) is 14.9 Å². The highest BCUT2D eigenvalue weighted by molar-refractivity contribution is 5.90. The van der Waals surface area contributed by atoms with Crippen LogP contribution in [-0.2, 0) is 27.2 Å². The molecule has 0 saturated carbocycles. The maximum absolute atomic E-state index is 13.7. The van der Waals surface area contributed by atoms with Crippen LogP contribution < -0.4 is 5.32 Å². The number of ether oxygens (including phenoxy) is 2. The summed E-state index contributed by atoms with van der Waals surface area (Å²) in [6, 6.07) is 13.3. The molecule has 0 unspecified atom stereocenters. The minimum atomic E-state index is -0.711. The molecule has 2 aromatic carbocycles. The SMILES string of the molecule is COC(=O)Cn1nnc(-c2ccc(-c3onc(C)c3NC(=O)OCCc3ccccc3F)cc2)n1. The fraction of sp³-hybridized carbons (Fsp3) is 0.217. The van der Waals surface area contributed by atoms with Gasteiger partial charge in [0.25, 0.3) is 0 Å². The van der Waals surface area contributed by atoms with Crippen LogP contribution in [0.5, 0.6) is 0 Å². The van der Waals surface area contributed by atoms with E-state index in [1.54, 1.807) is 49.4 Å². The summed E-state index contributed by atoms with van der Waals surface area (Å²) in [4.78, 5) is 24.8. The number of amides is 1. The lowest BCUT2D eigenvalue weighted by atomic mass is 10.1. The molecule has 180 valence electrons. The van der Waals surface area contributed by atoms with Crippen molar-refractivity contribution in [3.63, 3.8) is 0 Å². The van der Waals surface area contributed by atoms with Crippen molar-refractivity contribution >= 4 is 17.7 Å². The fourth-order valence-electron chi connectivity index (χ4n) is 3.18. The lowest BCUT2D eigenvalue weighted by Gasteiger charge is -2.08. The lowest BCUT2D eigenvalue weighted by molar-refractivity contribution is -0.141. The largest absolute Gasteiger partial charge is 0.468 e. The van der Waals surface area contributed by atoms with Gasteiger partial charge in [-0.25, -0.2) is 14.0 Å². The molecule has 1 amide bonds. The molecule has 4 aromatic rings. The van der Waals surface area contributed by atoms with Gasteiger partial charge in [-0.2, -0.15) is 4.80 Å². The first kappa shape index (κ1) is 23.5. The van der Waals surface area contributed by atoms with E-state index in [0.717, 1.165) is 4.80 Å². The Morgan fingerprint density at radius 1 is 1.11 bits per heavy atom. The molecular weight excluding hydrogens is 459 g/mol. The number of aromatic nitrogens is 5. The van der Waals surface area contributed by atoms with Crippen molar-refractivity contribution in [3.05, 3.63) is 65.6 Å². The molecule has 0 aliphatic rings. The van der Waals surface area contributed by atoms with E-state index in [4.69, 9.17) is 9.26 Å². The summed E-state index contributed by atoms with van der Waals surface area (Å²) in [6.07, 6.45) is -0.466. The molecule has 1 N–H and O–H groups in total. The van der Waals surface area contributed by atoms with Crippen LogP contribution in [0.15, 0.2) is 53.1 Å². The maximum atomic E-state index is 13.7. The molecular formula is C23H21FN6O5. The number of anilines is 1. The predicted octanol–water partition coefficient (Wildman–Crippen LogP) is 3.41. The Morgan fingerprint density at radius 3 is 2.60 bits per heavy atom. The Kier molecular flexibility index (Phi) is 7.10. The van der Waals surface area contributed by atoms with E-state index in [9.17, 15) is 14.0 Å². The van der Waals surface area contributed by atoms with Crippen molar-refractivity contribution < 1.29 is 28.0 Å². The number of carbonyl (C=O) groups excluding carboxylic acids is 2. The topological polar surface area (TPSA) is 134 Å². The molecule has 35 heavy (non-hydrogen) atoms. The predicted molar refractivity (Wildman–Crippen MR) is 121 cm³/mol. The van der Waals surface area contributed by atoms with Crippen molar-refractivity contribution in [3.8, 4) is 22.7 Å². The second kappa shape index (κ2) is 10.5. The zero-order valence-electron chi connectivity index (χ0n) is 18.9. The Bertz CT molecular complexity index is 1330. The van der Waals surface area contributed by atoms with Gasteiger partial charge in [0.05, 0.1) is 13.7 Å². The summed E-state index contributed by atoms with van der Waals surface area (Å²) in [5.41, 5.74) is 2.57. The molecule has 11 nitrogen and oxygen atoms in total. The van der Waals surface area contributed by atoms with E-state index in [2.05, 4.69) is 30.6 Å². The molecule has 4 rings (SSSR count). The summed E-state index contributed by atoms with van der Waals surface area (Å²) in [7, 11) is 1.28. The highest BCUT2D eigenvalue weighted by Gasteiger charge is 2.19. The molecule has 0 aliphatic carbocycles. The van der Waals surface area contributed by atoms with Crippen LogP contribution in [0.1, 0.15) is 11.3 Å². The van der Waals surface area contributed by atoms with E-state index >= 15 is 0 Å². The number of nitrogens with zero attached hydrogens (tertiary/aromatic N) is 5. The van der Waals surface area contributed by atoms with Crippen LogP contribution in [0.25, 0.3) is 22.7 Å². The molecule has 2 aromatic heterocycles. The minimum Gasteiger partial charge on any atom is -0.468 e. The van der Waals surface area contributed by atoms with Crippen LogP contribution in [0, 0.1) is 12.7 Å². The fourth-order valence-corrected chi connectivity index (χ4v) is 3.18. The number of tetrazole rings is 1. The second-order valence-corrected chi connectivity index (χ2v) is 7.37. The third-order valence-electron chi connectivity index (χ3n) is 5.01. The molecule has 0 saturated heterocycles. The Hall–Kier alpha value is -4.61. The number of methoxy groups -OCH3 is 1. The number of halogens is 1. The van der Waals surface area contributed by atoms with Gasteiger partial charge < -0.3 is 14.0 Å². The zero-order valence-corrected chi connectivity index (χ0v) is 18.9. The molecule has 0 spiro atoms. The zero-order chi connectivity index (χ0) is 24.8. The maximum Gasteiger partial charge on any atom is 0.411 e. The van der Waals surface area contributed by atoms with E-state index < -0.39 is 12.1 Å². The first-order chi connectivity index (χ1) is 16.9. The molecule has 2 heterocycles. The Labute approximate surface area is 198 Å². The van der Waals surface area contributed by atoms with Gasteiger partial charge in [-0.15, -0.1) is 10.2 Å². The lowest BCUT2D eigenvalue weighted by Crippen LogP contribution is -2.16. The standard InChI is InChI=1S/C23H21FN6O5/c1-14-20(25-23(32)34-12-11-15-5-3-4-6-18(15)24)21(35-28-14)16-7-9-17(10-8-16)22-26-29-30(27-22)13-19(31)33-2/h3-10H,11-13H2,1-2H3,(H,25,32). The Balaban J connectivity index is 1.41. The molecule has 0 radical (unpaired) electrons. The van der Waals surface area contributed by atoms with Crippen molar-refractivity contribution in [2.75, 3.05) is 19.0 Å². The second-order valence-electron chi connectivity index (χ2n) is 7.37.